The maximum Gasteiger partial charge on any atom is 0.231 e. The maximum absolute atomic E-state index is 6.15. The van der Waals surface area contributed by atoms with Crippen LogP contribution in [0.15, 0.2) is 36.4 Å². The average molecular weight is 311 g/mol. The Morgan fingerprint density at radius 2 is 1.80 bits per heavy atom. The highest BCUT2D eigenvalue weighted by molar-refractivity contribution is 6.35. The molecule has 0 unspecified atom stereocenters. The summed E-state index contributed by atoms with van der Waals surface area (Å²) in [5.41, 5.74) is 2.27. The van der Waals surface area contributed by atoms with Crippen LogP contribution in [0, 0.1) is 0 Å². The van der Waals surface area contributed by atoms with Crippen LogP contribution in [0.3, 0.4) is 0 Å². The van der Waals surface area contributed by atoms with E-state index < -0.39 is 0 Å². The van der Waals surface area contributed by atoms with Crippen molar-refractivity contribution in [3.8, 4) is 11.5 Å². The monoisotopic (exact) mass is 310 g/mol. The molecule has 20 heavy (non-hydrogen) atoms. The van der Waals surface area contributed by atoms with E-state index in [0.29, 0.717) is 16.8 Å². The minimum atomic E-state index is 0.308. The molecule has 1 heterocycles. The molecule has 2 aromatic rings. The fraction of sp³-hybridized carbons (Fsp3) is 0.200. The smallest absolute Gasteiger partial charge is 0.231 e. The van der Waals surface area contributed by atoms with Crippen molar-refractivity contribution in [2.75, 3.05) is 6.79 Å². The van der Waals surface area contributed by atoms with Crippen LogP contribution in [0.1, 0.15) is 11.1 Å². The normalized spacial score (nSPS) is 12.7. The van der Waals surface area contributed by atoms with E-state index in [1.807, 2.05) is 30.3 Å². The van der Waals surface area contributed by atoms with Crippen LogP contribution in [0.4, 0.5) is 0 Å². The van der Waals surface area contributed by atoms with Gasteiger partial charge in [-0.2, -0.15) is 0 Å². The van der Waals surface area contributed by atoms with Crippen LogP contribution in [0.25, 0.3) is 0 Å². The molecule has 0 fully saturated rings. The Bertz CT molecular complexity index is 631. The van der Waals surface area contributed by atoms with Gasteiger partial charge in [-0.1, -0.05) is 29.3 Å². The quantitative estimate of drug-likeness (QED) is 0.942. The first kappa shape index (κ1) is 13.6. The zero-order valence-corrected chi connectivity index (χ0v) is 12.2. The highest BCUT2D eigenvalue weighted by Gasteiger charge is 2.13. The van der Waals surface area contributed by atoms with E-state index in [1.165, 1.54) is 5.56 Å². The van der Waals surface area contributed by atoms with E-state index in [9.17, 15) is 0 Å². The number of halogens is 2. The van der Waals surface area contributed by atoms with E-state index in [4.69, 9.17) is 32.7 Å². The van der Waals surface area contributed by atoms with Gasteiger partial charge in [-0.3, -0.25) is 0 Å². The SMILES string of the molecule is Clc1ccc(C[NH2+]Cc2ccc3c(c2)OCO3)c(Cl)c1. The van der Waals surface area contributed by atoms with Crippen LogP contribution in [-0.2, 0) is 13.1 Å². The molecule has 0 amide bonds. The van der Waals surface area contributed by atoms with E-state index in [2.05, 4.69) is 5.32 Å². The topological polar surface area (TPSA) is 35.1 Å². The second kappa shape index (κ2) is 5.92. The zero-order valence-electron chi connectivity index (χ0n) is 10.7. The highest BCUT2D eigenvalue weighted by Crippen LogP contribution is 2.32. The maximum atomic E-state index is 6.15. The Morgan fingerprint density at radius 3 is 2.65 bits per heavy atom. The molecule has 0 spiro atoms. The molecule has 0 bridgehead atoms. The first-order valence-electron chi connectivity index (χ1n) is 6.36. The van der Waals surface area contributed by atoms with Crippen molar-refractivity contribution in [1.29, 1.82) is 0 Å². The van der Waals surface area contributed by atoms with Gasteiger partial charge < -0.3 is 14.8 Å². The third kappa shape index (κ3) is 3.01. The van der Waals surface area contributed by atoms with Crippen LogP contribution < -0.4 is 14.8 Å². The van der Waals surface area contributed by atoms with Crippen LogP contribution in [0.2, 0.25) is 10.0 Å². The highest BCUT2D eigenvalue weighted by atomic mass is 35.5. The Balaban J connectivity index is 1.60. The van der Waals surface area contributed by atoms with Crippen molar-refractivity contribution < 1.29 is 14.8 Å². The molecule has 0 saturated carbocycles. The fourth-order valence-corrected chi connectivity index (χ4v) is 2.64. The summed E-state index contributed by atoms with van der Waals surface area (Å²) < 4.78 is 10.7. The number of rotatable bonds is 4. The van der Waals surface area contributed by atoms with Crippen molar-refractivity contribution in [2.24, 2.45) is 0 Å². The minimum absolute atomic E-state index is 0.308. The second-order valence-electron chi connectivity index (χ2n) is 4.62. The van der Waals surface area contributed by atoms with Gasteiger partial charge in [0.15, 0.2) is 11.5 Å². The Morgan fingerprint density at radius 1 is 0.950 bits per heavy atom. The molecule has 0 atom stereocenters. The summed E-state index contributed by atoms with van der Waals surface area (Å²) in [7, 11) is 0. The molecule has 5 heteroatoms. The molecule has 0 aliphatic carbocycles. The Hall–Kier alpha value is -1.42. The van der Waals surface area contributed by atoms with E-state index in [-0.39, 0.29) is 0 Å². The summed E-state index contributed by atoms with van der Waals surface area (Å²) in [6.07, 6.45) is 0. The number of quaternary nitrogens is 1. The van der Waals surface area contributed by atoms with Gasteiger partial charge in [-0.15, -0.1) is 0 Å². The number of nitrogens with two attached hydrogens (primary N) is 1. The number of benzene rings is 2. The fourth-order valence-electron chi connectivity index (χ4n) is 2.15. The molecule has 1 aliphatic heterocycles. The summed E-state index contributed by atoms with van der Waals surface area (Å²) in [5.74, 6) is 1.63. The summed E-state index contributed by atoms with van der Waals surface area (Å²) in [6, 6.07) is 11.6. The zero-order chi connectivity index (χ0) is 13.9. The minimum Gasteiger partial charge on any atom is -0.454 e. The predicted molar refractivity (Wildman–Crippen MR) is 78.4 cm³/mol. The summed E-state index contributed by atoms with van der Waals surface area (Å²) >= 11 is 12.0. The second-order valence-corrected chi connectivity index (χ2v) is 5.46. The number of hydrogen-bond acceptors (Lipinski definition) is 2. The Kier molecular flexibility index (Phi) is 4.01. The molecular formula is C15H14Cl2NO2+. The molecule has 1 aliphatic rings. The van der Waals surface area contributed by atoms with Gasteiger partial charge in [0, 0.05) is 16.1 Å². The van der Waals surface area contributed by atoms with Crippen LogP contribution in [-0.4, -0.2) is 6.79 Å². The third-order valence-electron chi connectivity index (χ3n) is 3.20. The molecule has 0 radical (unpaired) electrons. The lowest BCUT2D eigenvalue weighted by atomic mass is 10.2. The first-order valence-corrected chi connectivity index (χ1v) is 7.12. The molecular weight excluding hydrogens is 297 g/mol. The van der Waals surface area contributed by atoms with Crippen molar-refractivity contribution in [1.82, 2.24) is 0 Å². The third-order valence-corrected chi connectivity index (χ3v) is 3.78. The standard InChI is InChI=1S/C15H13Cl2NO2/c16-12-3-2-11(13(17)6-12)8-18-7-10-1-4-14-15(5-10)20-9-19-14/h1-6,18H,7-9H2/p+1. The summed E-state index contributed by atoms with van der Waals surface area (Å²) in [6.45, 7) is 1.98. The van der Waals surface area contributed by atoms with E-state index >= 15 is 0 Å². The summed E-state index contributed by atoms with van der Waals surface area (Å²) in [4.78, 5) is 0. The van der Waals surface area contributed by atoms with Crippen LogP contribution >= 0.6 is 23.2 Å². The van der Waals surface area contributed by atoms with Gasteiger partial charge >= 0.3 is 0 Å². The largest absolute Gasteiger partial charge is 0.454 e. The average Bonchev–Trinajstić information content (AvgIpc) is 2.89. The van der Waals surface area contributed by atoms with Gasteiger partial charge in [0.1, 0.15) is 13.1 Å². The number of hydrogen-bond donors (Lipinski definition) is 1. The van der Waals surface area contributed by atoms with E-state index in [0.717, 1.165) is 30.2 Å². The van der Waals surface area contributed by atoms with Crippen molar-refractivity contribution in [2.45, 2.75) is 13.1 Å². The van der Waals surface area contributed by atoms with Gasteiger partial charge in [-0.25, -0.2) is 0 Å². The lowest BCUT2D eigenvalue weighted by molar-refractivity contribution is -0.686. The number of ether oxygens (including phenoxy) is 2. The van der Waals surface area contributed by atoms with Gasteiger partial charge in [-0.05, 0) is 30.3 Å². The predicted octanol–water partition coefficient (Wildman–Crippen LogP) is 2.99. The molecule has 104 valence electrons. The van der Waals surface area contributed by atoms with Crippen LogP contribution in [0.5, 0.6) is 11.5 Å². The lowest BCUT2D eigenvalue weighted by Gasteiger charge is -2.05. The van der Waals surface area contributed by atoms with Crippen molar-refractivity contribution in [3.63, 3.8) is 0 Å². The molecule has 0 aromatic heterocycles. The summed E-state index contributed by atoms with van der Waals surface area (Å²) in [5, 5.41) is 3.56. The molecule has 3 nitrogen and oxygen atoms in total. The molecule has 0 saturated heterocycles. The lowest BCUT2D eigenvalue weighted by Crippen LogP contribution is -2.80. The van der Waals surface area contributed by atoms with Gasteiger partial charge in [0.05, 0.1) is 5.02 Å². The van der Waals surface area contributed by atoms with E-state index in [1.54, 1.807) is 6.07 Å². The Labute approximate surface area is 127 Å². The van der Waals surface area contributed by atoms with Crippen molar-refractivity contribution >= 4 is 23.2 Å². The first-order chi connectivity index (χ1) is 9.72. The van der Waals surface area contributed by atoms with Gasteiger partial charge in [0.2, 0.25) is 6.79 Å². The van der Waals surface area contributed by atoms with Gasteiger partial charge in [0.25, 0.3) is 0 Å². The molecule has 2 aromatic carbocycles. The molecule has 3 rings (SSSR count). The van der Waals surface area contributed by atoms with Crippen molar-refractivity contribution in [3.05, 3.63) is 57.6 Å². The molecule has 2 N–H and O–H groups in total. The number of fused-ring (bicyclic) bond motifs is 1.